The van der Waals surface area contributed by atoms with Gasteiger partial charge in [0.2, 0.25) is 0 Å². The SMILES string of the molecule is C#CCCCC/C=C/CO[Si](C)(C)C(C)(C)C. The van der Waals surface area contributed by atoms with Gasteiger partial charge in [0.15, 0.2) is 8.32 Å². The predicted octanol–water partition coefficient (Wildman–Crippen LogP) is 4.76. The molecule has 1 nitrogen and oxygen atoms in total. The molecule has 0 saturated heterocycles. The lowest BCUT2D eigenvalue weighted by Crippen LogP contribution is -2.40. The monoisotopic (exact) mass is 252 g/mol. The summed E-state index contributed by atoms with van der Waals surface area (Å²) in [5.74, 6) is 2.66. The maximum Gasteiger partial charge on any atom is 0.192 e. The number of terminal acetylenes is 1. The summed E-state index contributed by atoms with van der Waals surface area (Å²) >= 11 is 0. The minimum absolute atomic E-state index is 0.299. The zero-order chi connectivity index (χ0) is 13.4. The predicted molar refractivity (Wildman–Crippen MR) is 79.6 cm³/mol. The molecule has 0 fully saturated rings. The van der Waals surface area contributed by atoms with Crippen molar-refractivity contribution in [2.24, 2.45) is 0 Å². The van der Waals surface area contributed by atoms with Crippen LogP contribution >= 0.6 is 0 Å². The molecule has 0 spiro atoms. The molecule has 98 valence electrons. The maximum absolute atomic E-state index is 6.04. The van der Waals surface area contributed by atoms with Crippen molar-refractivity contribution in [1.29, 1.82) is 0 Å². The number of hydrogen-bond donors (Lipinski definition) is 0. The Kier molecular flexibility index (Phi) is 7.50. The molecule has 0 bridgehead atoms. The lowest BCUT2D eigenvalue weighted by Gasteiger charge is -2.35. The second-order valence-electron chi connectivity index (χ2n) is 5.99. The van der Waals surface area contributed by atoms with Crippen LogP contribution in [0.1, 0.15) is 46.5 Å². The van der Waals surface area contributed by atoms with Gasteiger partial charge in [0.25, 0.3) is 0 Å². The average Bonchev–Trinajstić information content (AvgIpc) is 2.20. The minimum atomic E-state index is -1.56. The number of allylic oxidation sites excluding steroid dienone is 1. The summed E-state index contributed by atoms with van der Waals surface area (Å²) in [5, 5.41) is 0.299. The molecule has 0 N–H and O–H groups in total. The lowest BCUT2D eigenvalue weighted by molar-refractivity contribution is 0.327. The highest BCUT2D eigenvalue weighted by molar-refractivity contribution is 6.74. The van der Waals surface area contributed by atoms with E-state index in [9.17, 15) is 0 Å². The molecule has 0 aromatic carbocycles. The Morgan fingerprint density at radius 1 is 1.18 bits per heavy atom. The maximum atomic E-state index is 6.04. The van der Waals surface area contributed by atoms with Crippen LogP contribution in [0, 0.1) is 12.3 Å². The van der Waals surface area contributed by atoms with E-state index in [1.165, 1.54) is 6.42 Å². The van der Waals surface area contributed by atoms with Crippen LogP contribution in [0.25, 0.3) is 0 Å². The smallest absolute Gasteiger partial charge is 0.192 e. The Bertz CT molecular complexity index is 266. The van der Waals surface area contributed by atoms with Crippen LogP contribution in [-0.4, -0.2) is 14.9 Å². The topological polar surface area (TPSA) is 9.23 Å². The van der Waals surface area contributed by atoms with Gasteiger partial charge in [-0.15, -0.1) is 12.3 Å². The first-order valence-corrected chi connectivity index (χ1v) is 9.44. The molecular formula is C15H28OSi. The van der Waals surface area contributed by atoms with Gasteiger partial charge in [-0.05, 0) is 37.4 Å². The molecule has 0 unspecified atom stereocenters. The molecular weight excluding hydrogens is 224 g/mol. The summed E-state index contributed by atoms with van der Waals surface area (Å²) in [6.07, 6.45) is 13.9. The summed E-state index contributed by atoms with van der Waals surface area (Å²) < 4.78 is 6.04. The Morgan fingerprint density at radius 3 is 2.35 bits per heavy atom. The van der Waals surface area contributed by atoms with E-state index in [2.05, 4.69) is 51.9 Å². The quantitative estimate of drug-likeness (QED) is 0.275. The van der Waals surface area contributed by atoms with Crippen molar-refractivity contribution in [3.8, 4) is 12.3 Å². The van der Waals surface area contributed by atoms with Crippen molar-refractivity contribution in [2.45, 2.75) is 64.6 Å². The van der Waals surface area contributed by atoms with E-state index in [0.717, 1.165) is 25.9 Å². The van der Waals surface area contributed by atoms with Crippen LogP contribution in [-0.2, 0) is 4.43 Å². The van der Waals surface area contributed by atoms with Crippen molar-refractivity contribution in [1.82, 2.24) is 0 Å². The largest absolute Gasteiger partial charge is 0.413 e. The fourth-order valence-corrected chi connectivity index (χ4v) is 2.09. The molecule has 0 saturated carbocycles. The third kappa shape index (κ3) is 7.41. The zero-order valence-corrected chi connectivity index (χ0v) is 13.2. The second-order valence-corrected chi connectivity index (χ2v) is 10.8. The van der Waals surface area contributed by atoms with E-state index in [4.69, 9.17) is 10.8 Å². The molecule has 0 rings (SSSR count). The van der Waals surface area contributed by atoms with E-state index >= 15 is 0 Å². The zero-order valence-electron chi connectivity index (χ0n) is 12.2. The number of unbranched alkanes of at least 4 members (excludes halogenated alkanes) is 3. The summed E-state index contributed by atoms with van der Waals surface area (Å²) in [6, 6.07) is 0. The van der Waals surface area contributed by atoms with E-state index < -0.39 is 8.32 Å². The fraction of sp³-hybridized carbons (Fsp3) is 0.733. The number of rotatable bonds is 7. The van der Waals surface area contributed by atoms with Gasteiger partial charge in [0.05, 0.1) is 6.61 Å². The molecule has 0 heterocycles. The van der Waals surface area contributed by atoms with Gasteiger partial charge in [-0.2, -0.15) is 0 Å². The van der Waals surface area contributed by atoms with Crippen LogP contribution < -0.4 is 0 Å². The van der Waals surface area contributed by atoms with Crippen molar-refractivity contribution >= 4 is 8.32 Å². The van der Waals surface area contributed by atoms with Crippen molar-refractivity contribution in [3.05, 3.63) is 12.2 Å². The third-order valence-electron chi connectivity index (χ3n) is 3.46. The average molecular weight is 252 g/mol. The van der Waals surface area contributed by atoms with Gasteiger partial charge >= 0.3 is 0 Å². The van der Waals surface area contributed by atoms with Crippen molar-refractivity contribution < 1.29 is 4.43 Å². The van der Waals surface area contributed by atoms with Crippen molar-refractivity contribution in [2.75, 3.05) is 6.61 Å². The first-order valence-electron chi connectivity index (χ1n) is 6.53. The van der Waals surface area contributed by atoms with E-state index in [0.29, 0.717) is 5.04 Å². The molecule has 2 heteroatoms. The molecule has 0 aliphatic rings. The summed E-state index contributed by atoms with van der Waals surface area (Å²) in [7, 11) is -1.56. The lowest BCUT2D eigenvalue weighted by atomic mass is 10.2. The van der Waals surface area contributed by atoms with E-state index in [1.807, 2.05) is 0 Å². The van der Waals surface area contributed by atoms with E-state index in [1.54, 1.807) is 0 Å². The van der Waals surface area contributed by atoms with Gasteiger partial charge in [-0.25, -0.2) is 0 Å². The molecule has 0 aromatic rings. The molecule has 0 atom stereocenters. The van der Waals surface area contributed by atoms with Gasteiger partial charge in [0, 0.05) is 6.42 Å². The van der Waals surface area contributed by atoms with Crippen LogP contribution in [0.3, 0.4) is 0 Å². The Morgan fingerprint density at radius 2 is 1.82 bits per heavy atom. The van der Waals surface area contributed by atoms with Crippen LogP contribution in [0.5, 0.6) is 0 Å². The number of hydrogen-bond acceptors (Lipinski definition) is 1. The fourth-order valence-electron chi connectivity index (χ4n) is 1.15. The van der Waals surface area contributed by atoms with Crippen LogP contribution in [0.2, 0.25) is 18.1 Å². The molecule has 0 aliphatic heterocycles. The van der Waals surface area contributed by atoms with Crippen molar-refractivity contribution in [3.63, 3.8) is 0 Å². The summed E-state index contributed by atoms with van der Waals surface area (Å²) in [6.45, 7) is 12.1. The second kappa shape index (κ2) is 7.74. The highest BCUT2D eigenvalue weighted by atomic mass is 28.4. The molecule has 17 heavy (non-hydrogen) atoms. The molecule has 0 aromatic heterocycles. The standard InChI is InChI=1S/C15H28OSi/c1-7-8-9-10-11-12-13-14-16-17(5,6)15(2,3)4/h1,12-13H,8-11,14H2,2-6H3/b13-12+. The minimum Gasteiger partial charge on any atom is -0.413 e. The van der Waals surface area contributed by atoms with Gasteiger partial charge in [-0.3, -0.25) is 0 Å². The Balaban J connectivity index is 3.70. The molecule has 0 amide bonds. The summed E-state index contributed by atoms with van der Waals surface area (Å²) in [5.41, 5.74) is 0. The van der Waals surface area contributed by atoms with Gasteiger partial charge in [-0.1, -0.05) is 32.9 Å². The highest BCUT2D eigenvalue weighted by Crippen LogP contribution is 2.36. The summed E-state index contributed by atoms with van der Waals surface area (Å²) in [4.78, 5) is 0. The molecule has 0 radical (unpaired) electrons. The van der Waals surface area contributed by atoms with Gasteiger partial charge < -0.3 is 4.43 Å². The Labute approximate surface area is 109 Å². The van der Waals surface area contributed by atoms with Crippen LogP contribution in [0.4, 0.5) is 0 Å². The first-order chi connectivity index (χ1) is 7.81. The van der Waals surface area contributed by atoms with Gasteiger partial charge in [0.1, 0.15) is 0 Å². The Hall–Kier alpha value is -0.523. The van der Waals surface area contributed by atoms with E-state index in [-0.39, 0.29) is 0 Å². The van der Waals surface area contributed by atoms with Crippen LogP contribution in [0.15, 0.2) is 12.2 Å². The third-order valence-corrected chi connectivity index (χ3v) is 7.96. The molecule has 0 aliphatic carbocycles. The normalized spacial score (nSPS) is 12.9. The highest BCUT2D eigenvalue weighted by Gasteiger charge is 2.36. The first kappa shape index (κ1) is 16.5.